The summed E-state index contributed by atoms with van der Waals surface area (Å²) >= 11 is 1.52. The molecule has 3 rings (SSSR count). The molecule has 0 aliphatic carbocycles. The Hall–Kier alpha value is -2.14. The van der Waals surface area contributed by atoms with Gasteiger partial charge in [-0.15, -0.1) is 11.3 Å². The third kappa shape index (κ3) is 2.02. The summed E-state index contributed by atoms with van der Waals surface area (Å²) in [5.74, 6) is 0.846. The van der Waals surface area contributed by atoms with Crippen molar-refractivity contribution in [2.75, 3.05) is 6.61 Å². The number of rotatable bonds is 4. The van der Waals surface area contributed by atoms with Crippen molar-refractivity contribution in [2.45, 2.75) is 6.92 Å². The van der Waals surface area contributed by atoms with E-state index in [0.717, 1.165) is 28.3 Å². The molecule has 0 radical (unpaired) electrons. The number of carbonyl (C=O) groups is 1. The van der Waals surface area contributed by atoms with E-state index in [4.69, 9.17) is 4.74 Å². The average molecular weight is 272 g/mol. The van der Waals surface area contributed by atoms with Crippen molar-refractivity contribution in [3.63, 3.8) is 0 Å². The molecular formula is C14H12N2O2S. The Labute approximate surface area is 114 Å². The zero-order valence-corrected chi connectivity index (χ0v) is 11.2. The lowest BCUT2D eigenvalue weighted by molar-refractivity contribution is 0.111. The number of carbonyl (C=O) groups excluding carboxylic acids is 1. The zero-order chi connectivity index (χ0) is 13.2. The SMILES string of the molecule is CCOc1ccc(-c2csc3ncc(C=O)n23)cc1. The highest BCUT2D eigenvalue weighted by atomic mass is 32.1. The van der Waals surface area contributed by atoms with Gasteiger partial charge < -0.3 is 4.74 Å². The quantitative estimate of drug-likeness (QED) is 0.685. The molecule has 0 N–H and O–H groups in total. The fourth-order valence-electron chi connectivity index (χ4n) is 2.00. The number of aromatic nitrogens is 2. The number of ether oxygens (including phenoxy) is 1. The number of nitrogens with zero attached hydrogens (tertiary/aromatic N) is 2. The van der Waals surface area contributed by atoms with Crippen LogP contribution in [-0.4, -0.2) is 22.3 Å². The summed E-state index contributed by atoms with van der Waals surface area (Å²) < 4.78 is 7.29. The molecule has 0 amide bonds. The Morgan fingerprint density at radius 3 is 2.84 bits per heavy atom. The van der Waals surface area contributed by atoms with E-state index in [0.29, 0.717) is 12.3 Å². The van der Waals surface area contributed by atoms with Crippen LogP contribution in [0.15, 0.2) is 35.8 Å². The first-order valence-electron chi connectivity index (χ1n) is 5.97. The minimum absolute atomic E-state index is 0.570. The second-order valence-corrected chi connectivity index (χ2v) is 4.83. The van der Waals surface area contributed by atoms with Crippen LogP contribution in [0.3, 0.4) is 0 Å². The first-order valence-corrected chi connectivity index (χ1v) is 6.85. The van der Waals surface area contributed by atoms with Crippen LogP contribution in [0.1, 0.15) is 17.4 Å². The number of imidazole rings is 1. The van der Waals surface area contributed by atoms with Gasteiger partial charge in [-0.05, 0) is 36.8 Å². The predicted molar refractivity (Wildman–Crippen MR) is 75.1 cm³/mol. The molecular weight excluding hydrogens is 260 g/mol. The number of hydrogen-bond acceptors (Lipinski definition) is 4. The van der Waals surface area contributed by atoms with E-state index >= 15 is 0 Å². The van der Waals surface area contributed by atoms with Gasteiger partial charge in [0.25, 0.3) is 0 Å². The van der Waals surface area contributed by atoms with Crippen LogP contribution in [0.4, 0.5) is 0 Å². The van der Waals surface area contributed by atoms with Crippen molar-refractivity contribution in [3.8, 4) is 17.0 Å². The minimum atomic E-state index is 0.570. The maximum absolute atomic E-state index is 11.0. The van der Waals surface area contributed by atoms with Gasteiger partial charge in [0, 0.05) is 5.38 Å². The summed E-state index contributed by atoms with van der Waals surface area (Å²) in [6.45, 7) is 2.61. The first kappa shape index (κ1) is 11.9. The number of aldehydes is 1. The minimum Gasteiger partial charge on any atom is -0.494 e. The zero-order valence-electron chi connectivity index (χ0n) is 10.4. The Balaban J connectivity index is 2.08. The first-order chi connectivity index (χ1) is 9.33. The fraction of sp³-hybridized carbons (Fsp3) is 0.143. The molecule has 2 heterocycles. The number of benzene rings is 1. The van der Waals surface area contributed by atoms with Gasteiger partial charge in [0.15, 0.2) is 11.2 Å². The number of thiazole rings is 1. The average Bonchev–Trinajstić information content (AvgIpc) is 3.01. The monoisotopic (exact) mass is 272 g/mol. The molecule has 0 atom stereocenters. The van der Waals surface area contributed by atoms with Gasteiger partial charge in [-0.2, -0.15) is 0 Å². The van der Waals surface area contributed by atoms with E-state index in [2.05, 4.69) is 4.98 Å². The highest BCUT2D eigenvalue weighted by Gasteiger charge is 2.11. The van der Waals surface area contributed by atoms with Crippen molar-refractivity contribution < 1.29 is 9.53 Å². The van der Waals surface area contributed by atoms with Crippen LogP contribution in [0.25, 0.3) is 16.2 Å². The van der Waals surface area contributed by atoms with Gasteiger partial charge >= 0.3 is 0 Å². The van der Waals surface area contributed by atoms with Gasteiger partial charge in [-0.25, -0.2) is 4.98 Å². The normalized spacial score (nSPS) is 10.8. The Bertz CT molecular complexity index is 713. The Kier molecular flexibility index (Phi) is 3.05. The molecule has 3 aromatic rings. The molecule has 0 saturated heterocycles. The van der Waals surface area contributed by atoms with Crippen molar-refractivity contribution in [1.82, 2.24) is 9.38 Å². The third-order valence-electron chi connectivity index (χ3n) is 2.86. The van der Waals surface area contributed by atoms with Gasteiger partial charge in [-0.3, -0.25) is 9.20 Å². The van der Waals surface area contributed by atoms with E-state index in [-0.39, 0.29) is 0 Å². The molecule has 4 nitrogen and oxygen atoms in total. The summed E-state index contributed by atoms with van der Waals surface area (Å²) in [7, 11) is 0. The van der Waals surface area contributed by atoms with Crippen LogP contribution in [-0.2, 0) is 0 Å². The standard InChI is InChI=1S/C14H12N2O2S/c1-2-18-12-5-3-10(4-6-12)13-9-19-14-15-7-11(8-17)16(13)14/h3-9H,2H2,1H3. The Morgan fingerprint density at radius 1 is 1.37 bits per heavy atom. The third-order valence-corrected chi connectivity index (χ3v) is 3.70. The molecule has 0 spiro atoms. The highest BCUT2D eigenvalue weighted by molar-refractivity contribution is 7.15. The van der Waals surface area contributed by atoms with E-state index in [1.807, 2.05) is 41.0 Å². The Morgan fingerprint density at radius 2 is 2.16 bits per heavy atom. The van der Waals surface area contributed by atoms with Crippen molar-refractivity contribution in [1.29, 1.82) is 0 Å². The molecule has 0 fully saturated rings. The molecule has 1 aromatic carbocycles. The largest absolute Gasteiger partial charge is 0.494 e. The summed E-state index contributed by atoms with van der Waals surface area (Å²) in [5.41, 5.74) is 2.58. The summed E-state index contributed by atoms with van der Waals surface area (Å²) in [6.07, 6.45) is 2.42. The lowest BCUT2D eigenvalue weighted by Crippen LogP contribution is -1.93. The maximum Gasteiger partial charge on any atom is 0.194 e. The topological polar surface area (TPSA) is 43.6 Å². The van der Waals surface area contributed by atoms with E-state index in [1.165, 1.54) is 11.3 Å². The number of hydrogen-bond donors (Lipinski definition) is 0. The van der Waals surface area contributed by atoms with Gasteiger partial charge in [0.2, 0.25) is 0 Å². The molecule has 0 aliphatic heterocycles. The van der Waals surface area contributed by atoms with E-state index in [9.17, 15) is 4.79 Å². The van der Waals surface area contributed by atoms with E-state index in [1.54, 1.807) is 6.20 Å². The van der Waals surface area contributed by atoms with Gasteiger partial charge in [-0.1, -0.05) is 0 Å². The smallest absolute Gasteiger partial charge is 0.194 e. The van der Waals surface area contributed by atoms with Crippen LogP contribution in [0.5, 0.6) is 5.75 Å². The molecule has 0 saturated carbocycles. The number of fused-ring (bicyclic) bond motifs is 1. The van der Waals surface area contributed by atoms with Gasteiger partial charge in [0.1, 0.15) is 11.4 Å². The molecule has 0 bridgehead atoms. The molecule has 5 heteroatoms. The van der Waals surface area contributed by atoms with Crippen molar-refractivity contribution >= 4 is 22.6 Å². The second kappa shape index (κ2) is 4.85. The van der Waals surface area contributed by atoms with Crippen molar-refractivity contribution in [3.05, 3.63) is 41.5 Å². The van der Waals surface area contributed by atoms with Gasteiger partial charge in [0.05, 0.1) is 18.5 Å². The van der Waals surface area contributed by atoms with Crippen LogP contribution < -0.4 is 4.74 Å². The molecule has 0 unspecified atom stereocenters. The van der Waals surface area contributed by atoms with E-state index < -0.39 is 0 Å². The van der Waals surface area contributed by atoms with Crippen LogP contribution in [0, 0.1) is 0 Å². The lowest BCUT2D eigenvalue weighted by atomic mass is 10.1. The van der Waals surface area contributed by atoms with Crippen LogP contribution in [0.2, 0.25) is 0 Å². The summed E-state index contributed by atoms with van der Waals surface area (Å²) in [6, 6.07) is 7.84. The van der Waals surface area contributed by atoms with Crippen molar-refractivity contribution in [2.24, 2.45) is 0 Å². The van der Waals surface area contributed by atoms with Crippen LogP contribution >= 0.6 is 11.3 Å². The second-order valence-electron chi connectivity index (χ2n) is 4.00. The lowest BCUT2D eigenvalue weighted by Gasteiger charge is -2.05. The molecule has 2 aromatic heterocycles. The highest BCUT2D eigenvalue weighted by Crippen LogP contribution is 2.28. The molecule has 0 aliphatic rings. The molecule has 96 valence electrons. The molecule has 19 heavy (non-hydrogen) atoms. The summed E-state index contributed by atoms with van der Waals surface area (Å²) in [5, 5.41) is 2.00. The summed E-state index contributed by atoms with van der Waals surface area (Å²) in [4.78, 5) is 16.1. The fourth-order valence-corrected chi connectivity index (χ4v) is 2.88. The predicted octanol–water partition coefficient (Wildman–Crippen LogP) is 3.27. The maximum atomic E-state index is 11.0.